The SMILES string of the molecule is C.CC(C)Cc1ccc2c(c1)CN(c1c(N)c(=O)c1=O)CC2.CC(C)Cc1ccc2c(c1)NC(=O)CO2. The monoisotopic (exact) mass is 505 g/mol. The molecule has 3 aromatic rings. The van der Waals surface area contributed by atoms with Crippen LogP contribution in [0.5, 0.6) is 5.75 Å². The van der Waals surface area contributed by atoms with Crippen molar-refractivity contribution >= 4 is 23.0 Å². The largest absolute Gasteiger partial charge is 0.482 e. The van der Waals surface area contributed by atoms with E-state index in [1.54, 1.807) is 0 Å². The molecule has 198 valence electrons. The number of nitrogens with one attached hydrogen (secondary N) is 1. The van der Waals surface area contributed by atoms with Crippen LogP contribution >= 0.6 is 0 Å². The number of hydrogen-bond donors (Lipinski definition) is 2. The molecule has 0 bridgehead atoms. The first kappa shape index (κ1) is 28.0. The number of nitrogens with two attached hydrogens (primary N) is 1. The van der Waals surface area contributed by atoms with Crippen molar-refractivity contribution in [2.75, 3.05) is 29.1 Å². The third-order valence-corrected chi connectivity index (χ3v) is 6.48. The average Bonchev–Trinajstić information content (AvgIpc) is 2.83. The number of fused-ring (bicyclic) bond motifs is 2. The summed E-state index contributed by atoms with van der Waals surface area (Å²) >= 11 is 0. The maximum Gasteiger partial charge on any atom is 0.262 e. The first-order chi connectivity index (χ1) is 17.1. The first-order valence-electron chi connectivity index (χ1n) is 12.6. The summed E-state index contributed by atoms with van der Waals surface area (Å²) in [4.78, 5) is 36.0. The lowest BCUT2D eigenvalue weighted by Crippen LogP contribution is -2.44. The summed E-state index contributed by atoms with van der Waals surface area (Å²) in [5, 5.41) is 2.81. The van der Waals surface area contributed by atoms with Crippen LogP contribution in [0.2, 0.25) is 0 Å². The molecule has 0 spiro atoms. The van der Waals surface area contributed by atoms with Crippen molar-refractivity contribution in [2.24, 2.45) is 11.8 Å². The highest BCUT2D eigenvalue weighted by Crippen LogP contribution is 2.29. The maximum atomic E-state index is 11.7. The highest BCUT2D eigenvalue weighted by atomic mass is 16.5. The Kier molecular flexibility index (Phi) is 8.79. The standard InChI is InChI=1S/C17H20N2O2.C12H15NO2.CH4/c1-10(2)7-11-3-4-12-5-6-19(9-13(12)8-11)15-14(18)16(20)17(15)21;1-8(2)5-9-3-4-11-10(6-9)13-12(14)7-15-11;/h3-4,8,10H,5-7,9,18H2,1-2H3;3-4,6,8H,5,7H2,1-2H3,(H,13,14);1H4. The third kappa shape index (κ3) is 6.40. The van der Waals surface area contributed by atoms with Crippen molar-refractivity contribution in [2.45, 2.75) is 60.9 Å². The normalized spacial score (nSPS) is 14.2. The second kappa shape index (κ2) is 11.6. The van der Waals surface area contributed by atoms with Crippen molar-refractivity contribution in [3.8, 4) is 5.75 Å². The number of amides is 1. The molecule has 0 saturated carbocycles. The van der Waals surface area contributed by atoms with Crippen LogP contribution in [-0.4, -0.2) is 19.1 Å². The molecule has 5 rings (SSSR count). The number of nitrogen functional groups attached to an aromatic ring is 1. The Bertz CT molecular complexity index is 1340. The van der Waals surface area contributed by atoms with Gasteiger partial charge in [-0.1, -0.05) is 59.4 Å². The summed E-state index contributed by atoms with van der Waals surface area (Å²) in [6.45, 7) is 10.3. The Hall–Kier alpha value is -3.61. The molecule has 37 heavy (non-hydrogen) atoms. The Balaban J connectivity index is 0.000000211. The van der Waals surface area contributed by atoms with E-state index in [0.29, 0.717) is 24.1 Å². The summed E-state index contributed by atoms with van der Waals surface area (Å²) in [6, 6.07) is 12.6. The third-order valence-electron chi connectivity index (χ3n) is 6.48. The molecule has 3 aromatic carbocycles. The van der Waals surface area contributed by atoms with E-state index in [9.17, 15) is 14.4 Å². The summed E-state index contributed by atoms with van der Waals surface area (Å²) in [5.74, 6) is 1.92. The van der Waals surface area contributed by atoms with Gasteiger partial charge in [0.1, 0.15) is 17.1 Å². The van der Waals surface area contributed by atoms with E-state index in [2.05, 4.69) is 57.3 Å². The smallest absolute Gasteiger partial charge is 0.262 e. The molecule has 2 heterocycles. The quantitative estimate of drug-likeness (QED) is 0.496. The van der Waals surface area contributed by atoms with Gasteiger partial charge >= 0.3 is 0 Å². The number of anilines is 3. The topological polar surface area (TPSA) is 102 Å². The van der Waals surface area contributed by atoms with Crippen molar-refractivity contribution in [1.29, 1.82) is 0 Å². The van der Waals surface area contributed by atoms with Gasteiger partial charge in [-0.2, -0.15) is 0 Å². The molecule has 1 amide bonds. The zero-order valence-corrected chi connectivity index (χ0v) is 21.5. The molecule has 7 heteroatoms. The molecule has 0 atom stereocenters. The fourth-order valence-electron chi connectivity index (χ4n) is 4.84. The fraction of sp³-hybridized carbons (Fsp3) is 0.433. The fourth-order valence-corrected chi connectivity index (χ4v) is 4.84. The second-order valence-electron chi connectivity index (χ2n) is 10.6. The van der Waals surface area contributed by atoms with Crippen LogP contribution in [0.15, 0.2) is 46.0 Å². The molecule has 0 unspecified atom stereocenters. The van der Waals surface area contributed by atoms with Gasteiger partial charge in [-0.25, -0.2) is 0 Å². The zero-order chi connectivity index (χ0) is 26.0. The minimum absolute atomic E-state index is 0. The van der Waals surface area contributed by atoms with Gasteiger partial charge in [-0.05, 0) is 65.5 Å². The van der Waals surface area contributed by atoms with Gasteiger partial charge in [0.05, 0.1) is 5.69 Å². The van der Waals surface area contributed by atoms with E-state index in [0.717, 1.165) is 37.2 Å². The number of carbonyl (C=O) groups is 1. The summed E-state index contributed by atoms with van der Waals surface area (Å²) in [5.41, 5.74) is 11.2. The molecule has 0 aliphatic carbocycles. The van der Waals surface area contributed by atoms with Crippen LogP contribution in [0, 0.1) is 11.8 Å². The molecule has 2 aliphatic rings. The predicted octanol–water partition coefficient (Wildman–Crippen LogP) is 4.48. The van der Waals surface area contributed by atoms with Crippen LogP contribution in [0.1, 0.15) is 57.4 Å². The van der Waals surface area contributed by atoms with Gasteiger partial charge < -0.3 is 20.7 Å². The Morgan fingerprint density at radius 2 is 1.57 bits per heavy atom. The molecule has 2 aliphatic heterocycles. The lowest BCUT2D eigenvalue weighted by atomic mass is 9.93. The van der Waals surface area contributed by atoms with Crippen LogP contribution in [0.3, 0.4) is 0 Å². The van der Waals surface area contributed by atoms with Crippen LogP contribution < -0.4 is 31.5 Å². The molecular formula is C30H39N3O4. The minimum atomic E-state index is -0.538. The van der Waals surface area contributed by atoms with Gasteiger partial charge in [0, 0.05) is 13.1 Å². The van der Waals surface area contributed by atoms with Gasteiger partial charge in [0.25, 0.3) is 16.8 Å². The number of ether oxygens (including phenoxy) is 1. The minimum Gasteiger partial charge on any atom is -0.482 e. The van der Waals surface area contributed by atoms with E-state index in [-0.39, 0.29) is 25.6 Å². The van der Waals surface area contributed by atoms with E-state index in [4.69, 9.17) is 10.5 Å². The number of hydrogen-bond acceptors (Lipinski definition) is 6. The highest BCUT2D eigenvalue weighted by Gasteiger charge is 2.26. The van der Waals surface area contributed by atoms with Gasteiger partial charge in [-0.15, -0.1) is 0 Å². The molecule has 0 aromatic heterocycles. The average molecular weight is 506 g/mol. The lowest BCUT2D eigenvalue weighted by Gasteiger charge is -2.32. The lowest BCUT2D eigenvalue weighted by molar-refractivity contribution is -0.118. The Morgan fingerprint density at radius 1 is 0.919 bits per heavy atom. The number of rotatable bonds is 5. The molecular weight excluding hydrogens is 466 g/mol. The predicted molar refractivity (Wildman–Crippen MR) is 151 cm³/mol. The van der Waals surface area contributed by atoms with Crippen molar-refractivity contribution in [3.05, 3.63) is 79.1 Å². The van der Waals surface area contributed by atoms with Crippen LogP contribution in [0.25, 0.3) is 0 Å². The maximum absolute atomic E-state index is 11.7. The number of nitrogens with zero attached hydrogens (tertiary/aromatic N) is 1. The van der Waals surface area contributed by atoms with E-state index in [1.807, 2.05) is 17.0 Å². The van der Waals surface area contributed by atoms with Crippen molar-refractivity contribution in [1.82, 2.24) is 0 Å². The summed E-state index contributed by atoms with van der Waals surface area (Å²) in [6.07, 6.45) is 2.95. The molecule has 0 fully saturated rings. The van der Waals surface area contributed by atoms with Gasteiger partial charge in [0.15, 0.2) is 6.61 Å². The zero-order valence-electron chi connectivity index (χ0n) is 21.5. The number of benzene rings is 2. The van der Waals surface area contributed by atoms with E-state index in [1.165, 1.54) is 22.3 Å². The second-order valence-corrected chi connectivity index (χ2v) is 10.6. The van der Waals surface area contributed by atoms with E-state index >= 15 is 0 Å². The van der Waals surface area contributed by atoms with E-state index < -0.39 is 10.9 Å². The molecule has 0 saturated heterocycles. The molecule has 0 radical (unpaired) electrons. The van der Waals surface area contributed by atoms with Crippen LogP contribution in [0.4, 0.5) is 17.1 Å². The summed E-state index contributed by atoms with van der Waals surface area (Å²) < 4.78 is 5.28. The summed E-state index contributed by atoms with van der Waals surface area (Å²) in [7, 11) is 0. The van der Waals surface area contributed by atoms with Gasteiger partial charge in [-0.3, -0.25) is 14.4 Å². The highest BCUT2D eigenvalue weighted by molar-refractivity contribution is 5.95. The van der Waals surface area contributed by atoms with Crippen LogP contribution in [-0.2, 0) is 30.6 Å². The van der Waals surface area contributed by atoms with Crippen molar-refractivity contribution < 1.29 is 9.53 Å². The van der Waals surface area contributed by atoms with Crippen molar-refractivity contribution in [3.63, 3.8) is 0 Å². The van der Waals surface area contributed by atoms with Gasteiger partial charge in [0.2, 0.25) is 0 Å². The number of carbonyl (C=O) groups excluding carboxylic acids is 1. The molecule has 3 N–H and O–H groups in total. The molecule has 7 nitrogen and oxygen atoms in total. The Morgan fingerprint density at radius 3 is 2.22 bits per heavy atom. The Labute approximate surface area is 219 Å². The first-order valence-corrected chi connectivity index (χ1v) is 12.6.